The number of nitro groups is 1. The zero-order valence-corrected chi connectivity index (χ0v) is 11.7. The Morgan fingerprint density at radius 2 is 1.96 bits per heavy atom. The topological polar surface area (TPSA) is 85.1 Å². The predicted octanol–water partition coefficient (Wildman–Crippen LogP) is 3.57. The largest absolute Gasteiger partial charge is 0.417 e. The highest BCUT2D eigenvalue weighted by Crippen LogP contribution is 2.32. The Morgan fingerprint density at radius 1 is 1.30 bits per heavy atom. The van der Waals surface area contributed by atoms with Gasteiger partial charge >= 0.3 is 6.18 Å². The number of hydrogen-bond acceptors (Lipinski definition) is 4. The maximum absolute atomic E-state index is 12.9. The summed E-state index contributed by atoms with van der Waals surface area (Å²) in [5, 5.41) is 12.8. The Hall–Kier alpha value is -2.97. The van der Waals surface area contributed by atoms with Gasteiger partial charge in [-0.25, -0.2) is 4.98 Å². The minimum absolute atomic E-state index is 0.0439. The van der Waals surface area contributed by atoms with Crippen LogP contribution in [0, 0.1) is 17.0 Å². The van der Waals surface area contributed by atoms with E-state index < -0.39 is 28.1 Å². The van der Waals surface area contributed by atoms with Gasteiger partial charge in [0.25, 0.3) is 11.6 Å². The molecule has 1 N–H and O–H groups in total. The van der Waals surface area contributed by atoms with Gasteiger partial charge in [-0.05, 0) is 24.6 Å². The minimum atomic E-state index is -4.67. The Kier molecular flexibility index (Phi) is 4.30. The van der Waals surface area contributed by atoms with Crippen LogP contribution >= 0.6 is 0 Å². The number of carbonyl (C=O) groups is 1. The fourth-order valence-electron chi connectivity index (χ4n) is 1.89. The number of alkyl halides is 3. The maximum atomic E-state index is 12.9. The van der Waals surface area contributed by atoms with Gasteiger partial charge in [0.15, 0.2) is 0 Å². The van der Waals surface area contributed by atoms with Crippen LogP contribution in [0.25, 0.3) is 0 Å². The molecule has 1 aromatic heterocycles. The zero-order chi connectivity index (χ0) is 17.2. The molecule has 0 aliphatic carbocycles. The number of nitrogens with zero attached hydrogens (tertiary/aromatic N) is 2. The van der Waals surface area contributed by atoms with Crippen molar-refractivity contribution in [3.63, 3.8) is 0 Å². The van der Waals surface area contributed by atoms with E-state index in [-0.39, 0.29) is 17.1 Å². The lowest BCUT2D eigenvalue weighted by Gasteiger charge is -2.13. The first-order valence-electron chi connectivity index (χ1n) is 6.29. The van der Waals surface area contributed by atoms with Gasteiger partial charge in [0.05, 0.1) is 16.1 Å². The van der Waals surface area contributed by atoms with Crippen molar-refractivity contribution >= 4 is 17.4 Å². The van der Waals surface area contributed by atoms with E-state index in [9.17, 15) is 28.1 Å². The fraction of sp³-hybridized carbons (Fsp3) is 0.143. The first kappa shape index (κ1) is 16.4. The zero-order valence-electron chi connectivity index (χ0n) is 11.7. The van der Waals surface area contributed by atoms with Crippen molar-refractivity contribution in [1.29, 1.82) is 0 Å². The normalized spacial score (nSPS) is 11.1. The Bertz CT molecular complexity index is 775. The molecular weight excluding hydrogens is 315 g/mol. The van der Waals surface area contributed by atoms with Crippen molar-refractivity contribution < 1.29 is 22.9 Å². The van der Waals surface area contributed by atoms with Crippen LogP contribution in [-0.4, -0.2) is 15.8 Å². The number of aromatic nitrogens is 1. The van der Waals surface area contributed by atoms with Crippen molar-refractivity contribution in [3.8, 4) is 0 Å². The van der Waals surface area contributed by atoms with Crippen LogP contribution in [0.15, 0.2) is 36.5 Å². The molecular formula is C14H10F3N3O3. The summed E-state index contributed by atoms with van der Waals surface area (Å²) in [7, 11) is 0. The summed E-state index contributed by atoms with van der Waals surface area (Å²) in [6, 6.07) is 5.48. The molecule has 0 saturated carbocycles. The van der Waals surface area contributed by atoms with Crippen LogP contribution in [0.1, 0.15) is 21.5 Å². The minimum Gasteiger partial charge on any atom is -0.306 e. The van der Waals surface area contributed by atoms with Gasteiger partial charge in [0, 0.05) is 6.07 Å². The van der Waals surface area contributed by atoms with E-state index in [1.165, 1.54) is 19.1 Å². The van der Waals surface area contributed by atoms with Crippen LogP contribution in [0.5, 0.6) is 0 Å². The van der Waals surface area contributed by atoms with Crippen molar-refractivity contribution in [3.05, 3.63) is 63.3 Å². The third-order valence-electron chi connectivity index (χ3n) is 2.98. The highest BCUT2D eigenvalue weighted by Gasteiger charge is 2.35. The van der Waals surface area contributed by atoms with E-state index in [1.54, 1.807) is 0 Å². The lowest BCUT2D eigenvalue weighted by atomic mass is 10.1. The molecule has 2 aromatic rings. The molecule has 1 amide bonds. The highest BCUT2D eigenvalue weighted by atomic mass is 19.4. The van der Waals surface area contributed by atoms with Crippen molar-refractivity contribution in [2.75, 3.05) is 5.32 Å². The molecule has 2 rings (SSSR count). The molecule has 0 radical (unpaired) electrons. The molecule has 0 saturated heterocycles. The third kappa shape index (κ3) is 3.62. The number of carbonyl (C=O) groups excluding carboxylic acids is 1. The molecule has 0 spiro atoms. The molecule has 9 heteroatoms. The van der Waals surface area contributed by atoms with Gasteiger partial charge in [-0.15, -0.1) is 0 Å². The first-order valence-corrected chi connectivity index (χ1v) is 6.29. The van der Waals surface area contributed by atoms with Gasteiger partial charge in [0.2, 0.25) is 0 Å². The molecule has 1 heterocycles. The van der Waals surface area contributed by atoms with Crippen molar-refractivity contribution in [2.24, 2.45) is 0 Å². The van der Waals surface area contributed by atoms with E-state index in [0.717, 1.165) is 24.4 Å². The lowest BCUT2D eigenvalue weighted by molar-refractivity contribution is -0.385. The van der Waals surface area contributed by atoms with Crippen LogP contribution < -0.4 is 5.32 Å². The molecule has 0 unspecified atom stereocenters. The van der Waals surface area contributed by atoms with Crippen LogP contribution in [0.3, 0.4) is 0 Å². The second-order valence-corrected chi connectivity index (χ2v) is 4.61. The van der Waals surface area contributed by atoms with Gasteiger partial charge in [0.1, 0.15) is 12.0 Å². The Balaban J connectivity index is 2.32. The first-order chi connectivity index (χ1) is 10.7. The summed E-state index contributed by atoms with van der Waals surface area (Å²) >= 11 is 0. The number of aryl methyl sites for hydroxylation is 1. The number of benzene rings is 1. The van der Waals surface area contributed by atoms with Crippen molar-refractivity contribution in [2.45, 2.75) is 13.1 Å². The lowest BCUT2D eigenvalue weighted by Crippen LogP contribution is -2.19. The standard InChI is InChI=1S/C14H10F3N3O3/c1-8-6-9(20(22)23)7-18-12(8)19-13(21)10-4-2-3-5-11(10)14(15,16)17/h2-7H,1H3,(H,18,19,21). The van der Waals surface area contributed by atoms with E-state index >= 15 is 0 Å². The summed E-state index contributed by atoms with van der Waals surface area (Å²) in [6.45, 7) is 1.45. The number of nitrogens with one attached hydrogen (secondary N) is 1. The van der Waals surface area contributed by atoms with Crippen LogP contribution in [0.2, 0.25) is 0 Å². The highest BCUT2D eigenvalue weighted by molar-refractivity contribution is 6.05. The fourth-order valence-corrected chi connectivity index (χ4v) is 1.89. The second-order valence-electron chi connectivity index (χ2n) is 4.61. The van der Waals surface area contributed by atoms with E-state index in [1.807, 2.05) is 0 Å². The summed E-state index contributed by atoms with van der Waals surface area (Å²) < 4.78 is 38.7. The SMILES string of the molecule is Cc1cc([N+](=O)[O-])cnc1NC(=O)c1ccccc1C(F)(F)F. The third-order valence-corrected chi connectivity index (χ3v) is 2.98. The van der Waals surface area contributed by atoms with E-state index in [2.05, 4.69) is 10.3 Å². The smallest absolute Gasteiger partial charge is 0.306 e. The number of rotatable bonds is 3. The molecule has 1 aromatic carbocycles. The maximum Gasteiger partial charge on any atom is 0.417 e. The molecule has 0 bridgehead atoms. The summed E-state index contributed by atoms with van der Waals surface area (Å²) in [5.41, 5.74) is -1.65. The second kappa shape index (κ2) is 6.03. The number of halogens is 3. The molecule has 23 heavy (non-hydrogen) atoms. The van der Waals surface area contributed by atoms with Crippen LogP contribution in [0.4, 0.5) is 24.7 Å². The van der Waals surface area contributed by atoms with Gasteiger partial charge < -0.3 is 5.32 Å². The number of amides is 1. The van der Waals surface area contributed by atoms with Gasteiger partial charge in [-0.2, -0.15) is 13.2 Å². The van der Waals surface area contributed by atoms with Crippen molar-refractivity contribution in [1.82, 2.24) is 4.98 Å². The van der Waals surface area contributed by atoms with Crippen LogP contribution in [-0.2, 0) is 6.18 Å². The number of anilines is 1. The van der Waals surface area contributed by atoms with Gasteiger partial charge in [-0.3, -0.25) is 14.9 Å². The molecule has 0 fully saturated rings. The average Bonchev–Trinajstić information content (AvgIpc) is 2.48. The van der Waals surface area contributed by atoms with Gasteiger partial charge in [-0.1, -0.05) is 12.1 Å². The Morgan fingerprint density at radius 3 is 2.52 bits per heavy atom. The van der Waals surface area contributed by atoms with E-state index in [4.69, 9.17) is 0 Å². The molecule has 0 aliphatic rings. The molecule has 120 valence electrons. The Labute approximate surface area is 128 Å². The van der Waals surface area contributed by atoms with E-state index in [0.29, 0.717) is 0 Å². The summed E-state index contributed by atoms with van der Waals surface area (Å²) in [5.74, 6) is -1.04. The monoisotopic (exact) mass is 325 g/mol. The quantitative estimate of drug-likeness (QED) is 0.690. The molecule has 0 aliphatic heterocycles. The molecule has 0 atom stereocenters. The number of pyridine rings is 1. The summed E-state index contributed by atoms with van der Waals surface area (Å²) in [6.07, 6.45) is -3.76. The molecule has 6 nitrogen and oxygen atoms in total. The predicted molar refractivity (Wildman–Crippen MR) is 75.0 cm³/mol. The summed E-state index contributed by atoms with van der Waals surface area (Å²) in [4.78, 5) is 25.7. The number of hydrogen-bond donors (Lipinski definition) is 1. The average molecular weight is 325 g/mol.